The Hall–Kier alpha value is -0.930. The van der Waals surface area contributed by atoms with Crippen molar-refractivity contribution in [2.45, 2.75) is 19.1 Å². The molecule has 0 saturated carbocycles. The van der Waals surface area contributed by atoms with E-state index in [4.69, 9.17) is 10.8 Å². The van der Waals surface area contributed by atoms with Crippen molar-refractivity contribution in [2.75, 3.05) is 0 Å². The highest BCUT2D eigenvalue weighted by atomic mass is 16.3. The van der Waals surface area contributed by atoms with Crippen LogP contribution in [0.4, 0.5) is 0 Å². The molecule has 60 valence electrons. The smallest absolute Gasteiger partial charge is 0.0704 e. The van der Waals surface area contributed by atoms with Gasteiger partial charge in [-0.1, -0.05) is 0 Å². The Morgan fingerprint density at radius 1 is 1.45 bits per heavy atom. The average molecular weight is 152 g/mol. The summed E-state index contributed by atoms with van der Waals surface area (Å²) >= 11 is 0. The van der Waals surface area contributed by atoms with Crippen LogP contribution in [-0.2, 0) is 0 Å². The summed E-state index contributed by atoms with van der Waals surface area (Å²) in [5, 5.41) is 9.13. The summed E-state index contributed by atoms with van der Waals surface area (Å²) in [5.74, 6) is 0. The molecule has 0 spiro atoms. The minimum absolute atomic E-state index is 0.307. The van der Waals surface area contributed by atoms with Gasteiger partial charge < -0.3 is 10.8 Å². The highest BCUT2D eigenvalue weighted by molar-refractivity contribution is 5.15. The molecule has 0 fully saturated rings. The molecule has 0 radical (unpaired) electrons. The van der Waals surface area contributed by atoms with Gasteiger partial charge in [-0.05, 0) is 24.6 Å². The number of aliphatic hydroxyl groups excluding tert-OH is 1. The standard InChI is InChI=1S/C8H12N2O/c1-6(11)8(9)7-2-4-10-5-3-7/h2-6,8,11H,9H2,1H3/t6-,8+/m0/s1. The van der Waals surface area contributed by atoms with Crippen LogP contribution in [0.3, 0.4) is 0 Å². The maximum Gasteiger partial charge on any atom is 0.0704 e. The van der Waals surface area contributed by atoms with Gasteiger partial charge in [0.05, 0.1) is 12.1 Å². The van der Waals surface area contributed by atoms with Gasteiger partial charge in [0.15, 0.2) is 0 Å². The van der Waals surface area contributed by atoms with Crippen LogP contribution >= 0.6 is 0 Å². The lowest BCUT2D eigenvalue weighted by molar-refractivity contribution is 0.164. The van der Waals surface area contributed by atoms with E-state index in [1.807, 2.05) is 0 Å². The number of aliphatic hydroxyl groups is 1. The summed E-state index contributed by atoms with van der Waals surface area (Å²) in [5.41, 5.74) is 6.57. The molecule has 0 aliphatic rings. The fourth-order valence-electron chi connectivity index (χ4n) is 0.864. The molecule has 0 saturated heterocycles. The maximum absolute atomic E-state index is 9.13. The number of nitrogens with two attached hydrogens (primary N) is 1. The molecule has 0 aliphatic carbocycles. The number of hydrogen-bond donors (Lipinski definition) is 2. The van der Waals surface area contributed by atoms with Gasteiger partial charge in [-0.2, -0.15) is 0 Å². The van der Waals surface area contributed by atoms with Crippen molar-refractivity contribution in [2.24, 2.45) is 5.73 Å². The normalized spacial score (nSPS) is 15.9. The number of nitrogens with zero attached hydrogens (tertiary/aromatic N) is 1. The third-order valence-corrected chi connectivity index (χ3v) is 1.61. The zero-order valence-corrected chi connectivity index (χ0v) is 6.44. The van der Waals surface area contributed by atoms with Crippen LogP contribution in [0.15, 0.2) is 24.5 Å². The molecule has 0 bridgehead atoms. The lowest BCUT2D eigenvalue weighted by Gasteiger charge is -2.13. The Kier molecular flexibility index (Phi) is 2.57. The minimum atomic E-state index is -0.516. The summed E-state index contributed by atoms with van der Waals surface area (Å²) in [7, 11) is 0. The summed E-state index contributed by atoms with van der Waals surface area (Å²) in [6, 6.07) is 3.30. The van der Waals surface area contributed by atoms with E-state index in [9.17, 15) is 0 Å². The van der Waals surface area contributed by atoms with Crippen LogP contribution in [0.2, 0.25) is 0 Å². The lowest BCUT2D eigenvalue weighted by atomic mass is 10.1. The predicted molar refractivity (Wildman–Crippen MR) is 42.8 cm³/mol. The van der Waals surface area contributed by atoms with E-state index >= 15 is 0 Å². The van der Waals surface area contributed by atoms with Gasteiger partial charge in [-0.3, -0.25) is 4.98 Å². The molecule has 3 heteroatoms. The van der Waals surface area contributed by atoms with Crippen LogP contribution in [0.5, 0.6) is 0 Å². The first-order valence-electron chi connectivity index (χ1n) is 3.55. The van der Waals surface area contributed by atoms with E-state index in [2.05, 4.69) is 4.98 Å². The SMILES string of the molecule is C[C@H](O)[C@@H](N)c1ccncc1. The quantitative estimate of drug-likeness (QED) is 0.647. The van der Waals surface area contributed by atoms with Crippen LogP contribution in [-0.4, -0.2) is 16.2 Å². The van der Waals surface area contributed by atoms with Gasteiger partial charge in [0.2, 0.25) is 0 Å². The van der Waals surface area contributed by atoms with Crippen LogP contribution in [0.1, 0.15) is 18.5 Å². The predicted octanol–water partition coefficient (Wildman–Crippen LogP) is 0.462. The molecule has 1 heterocycles. The maximum atomic E-state index is 9.13. The summed E-state index contributed by atoms with van der Waals surface area (Å²) in [6.07, 6.45) is 2.81. The number of rotatable bonds is 2. The Morgan fingerprint density at radius 2 is 2.00 bits per heavy atom. The topological polar surface area (TPSA) is 59.1 Å². The van der Waals surface area contributed by atoms with E-state index in [-0.39, 0.29) is 6.04 Å². The van der Waals surface area contributed by atoms with Crippen molar-refractivity contribution in [1.82, 2.24) is 4.98 Å². The zero-order chi connectivity index (χ0) is 8.27. The first-order valence-corrected chi connectivity index (χ1v) is 3.55. The molecule has 0 aromatic carbocycles. The van der Waals surface area contributed by atoms with Gasteiger partial charge in [-0.25, -0.2) is 0 Å². The van der Waals surface area contributed by atoms with Gasteiger partial charge in [0.25, 0.3) is 0 Å². The van der Waals surface area contributed by atoms with E-state index in [1.54, 1.807) is 31.5 Å². The van der Waals surface area contributed by atoms with Crippen molar-refractivity contribution in [3.63, 3.8) is 0 Å². The van der Waals surface area contributed by atoms with Crippen LogP contribution < -0.4 is 5.73 Å². The summed E-state index contributed by atoms with van der Waals surface area (Å²) in [6.45, 7) is 1.67. The molecule has 1 aromatic rings. The molecule has 0 unspecified atom stereocenters. The van der Waals surface area contributed by atoms with Gasteiger partial charge in [-0.15, -0.1) is 0 Å². The van der Waals surface area contributed by atoms with Crippen molar-refractivity contribution in [1.29, 1.82) is 0 Å². The van der Waals surface area contributed by atoms with Crippen molar-refractivity contribution in [3.8, 4) is 0 Å². The van der Waals surface area contributed by atoms with Gasteiger partial charge >= 0.3 is 0 Å². The molecule has 3 nitrogen and oxygen atoms in total. The average Bonchev–Trinajstić information content (AvgIpc) is 2.05. The van der Waals surface area contributed by atoms with Crippen molar-refractivity contribution in [3.05, 3.63) is 30.1 Å². The molecular weight excluding hydrogens is 140 g/mol. The van der Waals surface area contributed by atoms with E-state index in [1.165, 1.54) is 0 Å². The largest absolute Gasteiger partial charge is 0.391 e. The van der Waals surface area contributed by atoms with Crippen molar-refractivity contribution < 1.29 is 5.11 Å². The summed E-state index contributed by atoms with van der Waals surface area (Å²) in [4.78, 5) is 3.85. The van der Waals surface area contributed by atoms with E-state index in [0.29, 0.717) is 0 Å². The molecule has 3 N–H and O–H groups in total. The highest BCUT2D eigenvalue weighted by Gasteiger charge is 2.10. The fourth-order valence-corrected chi connectivity index (χ4v) is 0.864. The second-order valence-electron chi connectivity index (χ2n) is 2.55. The van der Waals surface area contributed by atoms with Crippen LogP contribution in [0, 0.1) is 0 Å². The molecular formula is C8H12N2O. The Balaban J connectivity index is 2.77. The van der Waals surface area contributed by atoms with Gasteiger partial charge in [0, 0.05) is 12.4 Å². The highest BCUT2D eigenvalue weighted by Crippen LogP contribution is 2.11. The second-order valence-corrected chi connectivity index (χ2v) is 2.55. The first-order chi connectivity index (χ1) is 5.22. The fraction of sp³-hybridized carbons (Fsp3) is 0.375. The van der Waals surface area contributed by atoms with E-state index in [0.717, 1.165) is 5.56 Å². The zero-order valence-electron chi connectivity index (χ0n) is 6.44. The number of pyridine rings is 1. The molecule has 2 atom stereocenters. The molecule has 0 amide bonds. The van der Waals surface area contributed by atoms with Crippen LogP contribution in [0.25, 0.3) is 0 Å². The molecule has 0 aliphatic heterocycles. The second kappa shape index (κ2) is 3.46. The minimum Gasteiger partial charge on any atom is -0.391 e. The summed E-state index contributed by atoms with van der Waals surface area (Å²) < 4.78 is 0. The Bertz CT molecular complexity index is 211. The monoisotopic (exact) mass is 152 g/mol. The number of aromatic nitrogens is 1. The Morgan fingerprint density at radius 3 is 2.45 bits per heavy atom. The van der Waals surface area contributed by atoms with E-state index < -0.39 is 6.10 Å². The third-order valence-electron chi connectivity index (χ3n) is 1.61. The third kappa shape index (κ3) is 2.00. The Labute approximate surface area is 65.9 Å². The number of hydrogen-bond acceptors (Lipinski definition) is 3. The lowest BCUT2D eigenvalue weighted by Crippen LogP contribution is -2.22. The molecule has 1 aromatic heterocycles. The first kappa shape index (κ1) is 8.17. The molecule has 1 rings (SSSR count). The van der Waals surface area contributed by atoms with Crippen molar-refractivity contribution >= 4 is 0 Å². The molecule has 11 heavy (non-hydrogen) atoms. The van der Waals surface area contributed by atoms with Gasteiger partial charge in [0.1, 0.15) is 0 Å².